The Bertz CT molecular complexity index is 931. The van der Waals surface area contributed by atoms with Crippen LogP contribution in [0.25, 0.3) is 0 Å². The third-order valence-electron chi connectivity index (χ3n) is 13.3. The van der Waals surface area contributed by atoms with E-state index in [1.165, 1.54) is 32.1 Å². The number of rotatable bonds is 1. The van der Waals surface area contributed by atoms with Gasteiger partial charge in [0.15, 0.2) is 0 Å². The van der Waals surface area contributed by atoms with Crippen molar-refractivity contribution < 1.29 is 14.6 Å². The van der Waals surface area contributed by atoms with Gasteiger partial charge in [-0.05, 0) is 96.7 Å². The summed E-state index contributed by atoms with van der Waals surface area (Å²) < 4.78 is 5.87. The van der Waals surface area contributed by atoms with E-state index in [-0.39, 0.29) is 45.8 Å². The number of aliphatic hydroxyl groups excluding tert-OH is 1. The average Bonchev–Trinajstić information content (AvgIpc) is 2.72. The molecule has 4 saturated carbocycles. The highest BCUT2D eigenvalue weighted by molar-refractivity contribution is 5.66. The topological polar surface area (TPSA) is 46.5 Å². The van der Waals surface area contributed by atoms with Gasteiger partial charge in [-0.3, -0.25) is 4.79 Å². The van der Waals surface area contributed by atoms with Gasteiger partial charge in [0.05, 0.1) is 6.10 Å². The highest BCUT2D eigenvalue weighted by Gasteiger charge is 2.70. The monoisotopic (exact) mass is 484 g/mol. The number of carbonyl (C=O) groups is 1. The second-order valence-electron chi connectivity index (χ2n) is 16.0. The van der Waals surface area contributed by atoms with E-state index in [0.717, 1.165) is 25.7 Å². The molecule has 9 atom stereocenters. The molecule has 3 heteroatoms. The highest BCUT2D eigenvalue weighted by atomic mass is 16.5. The molecular weight excluding hydrogens is 432 g/mol. The van der Waals surface area contributed by atoms with Crippen molar-refractivity contribution in [1.82, 2.24) is 0 Å². The number of esters is 1. The number of ether oxygens (including phenoxy) is 1. The standard InChI is InChI=1S/C32H52O3/c1-20(33)35-25-11-12-30(7)24(28(25,4)5)10-13-32(9)26(30)23(34)18-21-22-19-27(2,3)14-15-29(22,6)16-17-31(21,32)8/h18,22-26,34H,10-17,19H2,1-9H3/t22-,23+,24-,25-,26+,29+,30-,31+,32+/m0/s1. The van der Waals surface area contributed by atoms with E-state index in [1.807, 2.05) is 0 Å². The Morgan fingerprint density at radius 1 is 0.914 bits per heavy atom. The molecule has 0 spiro atoms. The van der Waals surface area contributed by atoms with Crippen molar-refractivity contribution in [2.45, 2.75) is 132 Å². The van der Waals surface area contributed by atoms with Crippen molar-refractivity contribution in [3.8, 4) is 0 Å². The predicted octanol–water partition coefficient (Wildman–Crippen LogP) is 7.71. The third kappa shape index (κ3) is 3.41. The van der Waals surface area contributed by atoms with Gasteiger partial charge >= 0.3 is 5.97 Å². The molecule has 0 unspecified atom stereocenters. The normalized spacial score (nSPS) is 52.2. The molecule has 5 aliphatic carbocycles. The molecule has 0 saturated heterocycles. The lowest BCUT2D eigenvalue weighted by Gasteiger charge is -2.72. The summed E-state index contributed by atoms with van der Waals surface area (Å²) in [7, 11) is 0. The van der Waals surface area contributed by atoms with Crippen molar-refractivity contribution in [2.75, 3.05) is 0 Å². The van der Waals surface area contributed by atoms with Gasteiger partial charge in [-0.2, -0.15) is 0 Å². The van der Waals surface area contributed by atoms with Crippen LogP contribution in [0.15, 0.2) is 11.6 Å². The summed E-state index contributed by atoms with van der Waals surface area (Å²) in [6.07, 6.45) is 12.7. The lowest BCUT2D eigenvalue weighted by atomic mass is 9.33. The molecule has 0 amide bonds. The fourth-order valence-corrected chi connectivity index (χ4v) is 11.0. The number of aliphatic hydroxyl groups is 1. The number of hydrogen-bond acceptors (Lipinski definition) is 3. The molecule has 4 fully saturated rings. The number of carbonyl (C=O) groups excluding carboxylic acids is 1. The summed E-state index contributed by atoms with van der Waals surface area (Å²) in [5.41, 5.74) is 2.59. The Balaban J connectivity index is 1.57. The van der Waals surface area contributed by atoms with Crippen LogP contribution in [0.1, 0.15) is 120 Å². The van der Waals surface area contributed by atoms with Crippen molar-refractivity contribution in [1.29, 1.82) is 0 Å². The Labute approximate surface area is 214 Å². The van der Waals surface area contributed by atoms with Crippen LogP contribution in [-0.4, -0.2) is 23.3 Å². The maximum Gasteiger partial charge on any atom is 0.302 e. The van der Waals surface area contributed by atoms with E-state index in [9.17, 15) is 9.90 Å². The first-order valence-electron chi connectivity index (χ1n) is 14.6. The Morgan fingerprint density at radius 3 is 2.23 bits per heavy atom. The van der Waals surface area contributed by atoms with Crippen LogP contribution in [0.3, 0.4) is 0 Å². The van der Waals surface area contributed by atoms with E-state index in [1.54, 1.807) is 12.5 Å². The van der Waals surface area contributed by atoms with Crippen LogP contribution in [0, 0.1) is 50.2 Å². The fraction of sp³-hybridized carbons (Fsp3) is 0.906. The molecule has 0 aromatic heterocycles. The van der Waals surface area contributed by atoms with Crippen molar-refractivity contribution >= 4 is 5.97 Å². The SMILES string of the molecule is CC(=O)O[C@H]1CC[C@]2(C)[C@H]3[C@H](O)C=C4[C@@H]5CC(C)(C)CC[C@]5(C)CC[C@@]4(C)[C@]3(C)CC[C@H]2C1(C)C. The average molecular weight is 485 g/mol. The third-order valence-corrected chi connectivity index (χ3v) is 13.3. The summed E-state index contributed by atoms with van der Waals surface area (Å²) >= 11 is 0. The Hall–Kier alpha value is -0.830. The molecule has 0 heterocycles. The molecule has 5 rings (SSSR count). The summed E-state index contributed by atoms with van der Waals surface area (Å²) in [6.45, 7) is 21.3. The molecule has 3 nitrogen and oxygen atoms in total. The quantitative estimate of drug-likeness (QED) is 0.306. The first-order chi connectivity index (χ1) is 16.0. The molecule has 0 aromatic rings. The molecule has 0 aliphatic heterocycles. The fourth-order valence-electron chi connectivity index (χ4n) is 11.0. The van der Waals surface area contributed by atoms with Crippen LogP contribution < -0.4 is 0 Å². The van der Waals surface area contributed by atoms with Crippen LogP contribution in [0.2, 0.25) is 0 Å². The lowest BCUT2D eigenvalue weighted by Crippen LogP contribution is -2.67. The lowest BCUT2D eigenvalue weighted by molar-refractivity contribution is -0.229. The number of allylic oxidation sites excluding steroid dienone is 1. The van der Waals surface area contributed by atoms with Crippen molar-refractivity contribution in [3.05, 3.63) is 11.6 Å². The van der Waals surface area contributed by atoms with Gasteiger partial charge in [0.25, 0.3) is 0 Å². The highest BCUT2D eigenvalue weighted by Crippen LogP contribution is 2.75. The number of hydrogen-bond donors (Lipinski definition) is 1. The molecule has 0 aromatic carbocycles. The molecule has 35 heavy (non-hydrogen) atoms. The van der Waals surface area contributed by atoms with E-state index < -0.39 is 0 Å². The van der Waals surface area contributed by atoms with Crippen LogP contribution in [-0.2, 0) is 9.53 Å². The zero-order chi connectivity index (χ0) is 25.8. The molecule has 1 N–H and O–H groups in total. The maximum atomic E-state index is 12.1. The Kier molecular flexibility index (Phi) is 5.61. The largest absolute Gasteiger partial charge is 0.462 e. The van der Waals surface area contributed by atoms with E-state index in [4.69, 9.17) is 4.74 Å². The van der Waals surface area contributed by atoms with Gasteiger partial charge < -0.3 is 9.84 Å². The first kappa shape index (κ1) is 25.8. The van der Waals surface area contributed by atoms with Crippen molar-refractivity contribution in [3.63, 3.8) is 0 Å². The van der Waals surface area contributed by atoms with Crippen LogP contribution >= 0.6 is 0 Å². The minimum atomic E-state index is -0.385. The molecule has 0 radical (unpaired) electrons. The van der Waals surface area contributed by atoms with Crippen LogP contribution in [0.4, 0.5) is 0 Å². The molecular formula is C32H52O3. The summed E-state index contributed by atoms with van der Waals surface area (Å²) in [4.78, 5) is 11.9. The van der Waals surface area contributed by atoms with Crippen molar-refractivity contribution in [2.24, 2.45) is 50.2 Å². The summed E-state index contributed by atoms with van der Waals surface area (Å²) in [6, 6.07) is 0. The first-order valence-corrected chi connectivity index (χ1v) is 14.6. The van der Waals surface area contributed by atoms with Crippen LogP contribution in [0.5, 0.6) is 0 Å². The smallest absolute Gasteiger partial charge is 0.302 e. The number of fused-ring (bicyclic) bond motifs is 7. The van der Waals surface area contributed by atoms with Gasteiger partial charge in [-0.25, -0.2) is 0 Å². The predicted molar refractivity (Wildman–Crippen MR) is 142 cm³/mol. The van der Waals surface area contributed by atoms with Gasteiger partial charge in [0.1, 0.15) is 6.10 Å². The van der Waals surface area contributed by atoms with E-state index in [2.05, 4.69) is 61.5 Å². The molecule has 0 bridgehead atoms. The minimum absolute atomic E-state index is 0.0234. The zero-order valence-corrected chi connectivity index (χ0v) is 24.1. The minimum Gasteiger partial charge on any atom is -0.462 e. The second-order valence-corrected chi connectivity index (χ2v) is 16.0. The van der Waals surface area contributed by atoms with Gasteiger partial charge in [0.2, 0.25) is 0 Å². The maximum absolute atomic E-state index is 12.1. The summed E-state index contributed by atoms with van der Waals surface area (Å²) in [5, 5.41) is 12.1. The molecule has 198 valence electrons. The summed E-state index contributed by atoms with van der Waals surface area (Å²) in [5.74, 6) is 1.13. The van der Waals surface area contributed by atoms with Gasteiger partial charge in [-0.1, -0.05) is 67.0 Å². The molecule has 5 aliphatic rings. The van der Waals surface area contributed by atoms with Gasteiger partial charge in [0, 0.05) is 18.3 Å². The van der Waals surface area contributed by atoms with E-state index >= 15 is 0 Å². The Morgan fingerprint density at radius 2 is 1.57 bits per heavy atom. The van der Waals surface area contributed by atoms with E-state index in [0.29, 0.717) is 22.7 Å². The second kappa shape index (κ2) is 7.61. The zero-order valence-electron chi connectivity index (χ0n) is 24.1. The van der Waals surface area contributed by atoms with Gasteiger partial charge in [-0.15, -0.1) is 0 Å².